The van der Waals surface area contributed by atoms with Crippen molar-refractivity contribution in [1.29, 1.82) is 0 Å². The number of rotatable bonds is 5. The van der Waals surface area contributed by atoms with E-state index in [0.717, 1.165) is 0 Å². The molecule has 0 aromatic rings. The monoisotopic (exact) mass is 234 g/mol. The first-order valence-corrected chi connectivity index (χ1v) is 3.11. The fourth-order valence-corrected chi connectivity index (χ4v) is 0.684. The van der Waals surface area contributed by atoms with Crippen molar-refractivity contribution >= 4 is 17.9 Å². The van der Waals surface area contributed by atoms with Crippen molar-refractivity contribution in [3.63, 3.8) is 0 Å². The molecule has 0 aliphatic heterocycles. The van der Waals surface area contributed by atoms with Crippen molar-refractivity contribution in [3.05, 3.63) is 0 Å². The van der Waals surface area contributed by atoms with Crippen molar-refractivity contribution < 1.29 is 60.7 Å². The summed E-state index contributed by atoms with van der Waals surface area (Å²) in [6.45, 7) is 0. The summed E-state index contributed by atoms with van der Waals surface area (Å²) in [5, 5.41) is 38.9. The maximum absolute atomic E-state index is 10.1. The van der Waals surface area contributed by atoms with Crippen molar-refractivity contribution in [2.24, 2.45) is 0 Å². The summed E-state index contributed by atoms with van der Waals surface area (Å²) in [5.74, 6) is -5.98. The molecule has 0 spiro atoms. The third-order valence-corrected chi connectivity index (χ3v) is 1.25. The molecular weight excluding hydrogens is 229 g/mol. The van der Waals surface area contributed by atoms with Gasteiger partial charge in [0.15, 0.2) is 0 Å². The van der Waals surface area contributed by atoms with E-state index in [1.165, 1.54) is 0 Å². The van der Waals surface area contributed by atoms with Crippen LogP contribution in [0.3, 0.4) is 0 Å². The zero-order valence-electron chi connectivity index (χ0n) is 6.89. The summed E-state index contributed by atoms with van der Waals surface area (Å²) in [7, 11) is 0. The molecule has 14 heavy (non-hydrogen) atoms. The van der Waals surface area contributed by atoms with Crippen LogP contribution in [0.1, 0.15) is 12.8 Å². The Labute approximate surface area is 97.1 Å². The van der Waals surface area contributed by atoms with Gasteiger partial charge in [0.2, 0.25) is 0 Å². The van der Waals surface area contributed by atoms with Gasteiger partial charge in [0, 0.05) is 24.8 Å². The Hall–Kier alpha value is -0.760. The summed E-state index contributed by atoms with van der Waals surface area (Å²) in [5.41, 5.74) is -2.97. The number of carbonyl (C=O) groups excluding carboxylic acids is 3. The molecule has 1 N–H and O–H groups in total. The molecule has 0 bridgehead atoms. The fraction of sp³-hybridized carbons (Fsp3) is 0.500. The molecule has 0 rings (SSSR count). The summed E-state index contributed by atoms with van der Waals surface area (Å²) >= 11 is 0. The smallest absolute Gasteiger partial charge is 0.550 e. The summed E-state index contributed by atoms with van der Waals surface area (Å²) in [6.07, 6.45) is -2.72. The Kier molecular flexibility index (Phi) is 6.58. The van der Waals surface area contributed by atoms with E-state index in [2.05, 4.69) is 0 Å². The van der Waals surface area contributed by atoms with Gasteiger partial charge in [-0.05, 0) is 0 Å². The van der Waals surface area contributed by atoms with E-state index in [1.807, 2.05) is 0 Å². The number of aliphatic hydroxyl groups is 1. The maximum Gasteiger partial charge on any atom is 3.00 e. The number of aliphatic carboxylic acids is 3. The molecule has 0 aromatic carbocycles. The van der Waals surface area contributed by atoms with Crippen LogP contribution in [-0.4, -0.2) is 28.6 Å². The van der Waals surface area contributed by atoms with Gasteiger partial charge in [0.25, 0.3) is 0 Å². The van der Waals surface area contributed by atoms with Crippen molar-refractivity contribution in [2.75, 3.05) is 0 Å². The van der Waals surface area contributed by atoms with Crippen molar-refractivity contribution in [2.45, 2.75) is 18.4 Å². The van der Waals surface area contributed by atoms with Crippen LogP contribution in [0, 0.1) is 0 Å². The van der Waals surface area contributed by atoms with E-state index in [-0.39, 0.29) is 25.8 Å². The second kappa shape index (κ2) is 5.86. The third kappa shape index (κ3) is 5.07. The van der Waals surface area contributed by atoms with E-state index in [0.29, 0.717) is 0 Å². The number of carbonyl (C=O) groups is 3. The van der Waals surface area contributed by atoms with Crippen LogP contribution in [-0.2, 0) is 40.2 Å². The second-order valence-corrected chi connectivity index (χ2v) is 2.42. The van der Waals surface area contributed by atoms with Crippen LogP contribution in [0.4, 0.5) is 0 Å². The molecule has 0 aliphatic rings. The van der Waals surface area contributed by atoms with Crippen LogP contribution in [0.25, 0.3) is 0 Å². The van der Waals surface area contributed by atoms with E-state index in [1.54, 1.807) is 0 Å². The first kappa shape index (κ1) is 15.7. The Morgan fingerprint density at radius 3 is 1.43 bits per heavy atom. The van der Waals surface area contributed by atoms with Crippen LogP contribution >= 0.6 is 0 Å². The zero-order chi connectivity index (χ0) is 10.6. The van der Waals surface area contributed by atoms with Crippen molar-refractivity contribution in [1.82, 2.24) is 0 Å². The van der Waals surface area contributed by atoms with Crippen LogP contribution in [0.15, 0.2) is 0 Å². The van der Waals surface area contributed by atoms with Gasteiger partial charge in [0.1, 0.15) is 5.60 Å². The Bertz CT molecular complexity index is 233. The molecular formula is C6H5O7Sc. The molecule has 74 valence electrons. The largest absolute Gasteiger partial charge is 3.00 e. The number of carboxylic acid groups (broad SMARTS) is 3. The minimum Gasteiger partial charge on any atom is -0.550 e. The van der Waals surface area contributed by atoms with E-state index in [4.69, 9.17) is 5.11 Å². The molecule has 0 saturated heterocycles. The van der Waals surface area contributed by atoms with Crippen LogP contribution in [0.5, 0.6) is 0 Å². The maximum atomic E-state index is 10.1. The minimum absolute atomic E-state index is 0. The molecule has 8 heteroatoms. The van der Waals surface area contributed by atoms with Gasteiger partial charge in [-0.3, -0.25) is 0 Å². The van der Waals surface area contributed by atoms with Crippen molar-refractivity contribution in [3.8, 4) is 0 Å². The average molecular weight is 234 g/mol. The summed E-state index contributed by atoms with van der Waals surface area (Å²) in [6, 6.07) is 0. The second-order valence-electron chi connectivity index (χ2n) is 2.42. The van der Waals surface area contributed by atoms with Gasteiger partial charge in [-0.1, -0.05) is 0 Å². The van der Waals surface area contributed by atoms with Crippen LogP contribution in [0.2, 0.25) is 0 Å². The summed E-state index contributed by atoms with van der Waals surface area (Å²) < 4.78 is 0. The SMILES string of the molecule is O=C([O-])CC(O)(CC(=O)[O-])C(=O)[O-].[Sc+3]. The molecule has 0 saturated carbocycles. The normalized spacial score (nSPS) is 10.1. The third-order valence-electron chi connectivity index (χ3n) is 1.25. The Balaban J connectivity index is 0. The average Bonchev–Trinajstić information content (AvgIpc) is 1.82. The van der Waals surface area contributed by atoms with E-state index >= 15 is 0 Å². The van der Waals surface area contributed by atoms with Gasteiger partial charge < -0.3 is 34.8 Å². The Morgan fingerprint density at radius 2 is 1.29 bits per heavy atom. The van der Waals surface area contributed by atoms with Gasteiger partial charge in [-0.2, -0.15) is 0 Å². The number of hydrogen-bond acceptors (Lipinski definition) is 7. The molecule has 7 nitrogen and oxygen atoms in total. The zero-order valence-corrected chi connectivity index (χ0v) is 8.69. The fourth-order valence-electron chi connectivity index (χ4n) is 0.684. The summed E-state index contributed by atoms with van der Waals surface area (Å²) in [4.78, 5) is 30.0. The molecule has 0 atom stereocenters. The molecule has 0 unspecified atom stereocenters. The first-order valence-electron chi connectivity index (χ1n) is 3.11. The van der Waals surface area contributed by atoms with Gasteiger partial charge in [0.05, 0.1) is 5.97 Å². The predicted molar refractivity (Wildman–Crippen MR) is 29.2 cm³/mol. The van der Waals surface area contributed by atoms with Gasteiger partial charge in [-0.25, -0.2) is 0 Å². The quantitative estimate of drug-likeness (QED) is 0.500. The van der Waals surface area contributed by atoms with E-state index < -0.39 is 36.4 Å². The van der Waals surface area contributed by atoms with Gasteiger partial charge in [-0.15, -0.1) is 0 Å². The Morgan fingerprint density at radius 1 is 1.00 bits per heavy atom. The molecule has 0 fully saturated rings. The van der Waals surface area contributed by atoms with Gasteiger partial charge >= 0.3 is 25.8 Å². The number of carboxylic acids is 3. The molecule has 0 heterocycles. The minimum atomic E-state index is -2.97. The molecule has 0 aliphatic carbocycles. The molecule has 0 aromatic heterocycles. The predicted octanol–water partition coefficient (Wildman–Crippen LogP) is -5.26. The van der Waals surface area contributed by atoms with E-state index in [9.17, 15) is 29.7 Å². The standard InChI is InChI=1S/C6H8O7.Sc/c7-3(8)1-6(13,5(11)12)2-4(9)10;/h13H,1-2H2,(H,7,8)(H,9,10)(H,11,12);/q;+3/p-3. The van der Waals surface area contributed by atoms with Crippen LogP contribution < -0.4 is 15.3 Å². The topological polar surface area (TPSA) is 141 Å². The molecule has 0 amide bonds. The molecule has 0 radical (unpaired) electrons. The first-order chi connectivity index (χ1) is 5.78. The number of hydrogen-bond donors (Lipinski definition) is 1.